The van der Waals surface area contributed by atoms with Gasteiger partial charge in [-0.25, -0.2) is 18.7 Å². The molecule has 6 nitrogen and oxygen atoms in total. The maximum absolute atomic E-state index is 13.1. The smallest absolute Gasteiger partial charge is 0.256 e. The van der Waals surface area contributed by atoms with Crippen LogP contribution in [-0.4, -0.2) is 45.7 Å². The molecule has 1 aliphatic heterocycles. The van der Waals surface area contributed by atoms with E-state index in [1.54, 1.807) is 11.0 Å². The van der Waals surface area contributed by atoms with Gasteiger partial charge < -0.3 is 4.90 Å². The van der Waals surface area contributed by atoms with Crippen LogP contribution in [-0.2, 0) is 10.2 Å². The number of alkyl halides is 2. The zero-order valence-electron chi connectivity index (χ0n) is 15.3. The van der Waals surface area contributed by atoms with Crippen molar-refractivity contribution in [1.29, 1.82) is 0 Å². The van der Waals surface area contributed by atoms with Crippen LogP contribution in [0.5, 0.6) is 0 Å². The Morgan fingerprint density at radius 2 is 1.97 bits per heavy atom. The van der Waals surface area contributed by atoms with Crippen molar-refractivity contribution in [1.82, 2.24) is 14.9 Å². The SMILES string of the molecule is O=C(CN1CC2(CC2)c2cc(Br)ccc2C1=O)Nc1ncc([C@@H]2CC2(F)F)cn1. The first-order valence-electron chi connectivity index (χ1n) is 9.36. The number of aromatic nitrogens is 2. The van der Waals surface area contributed by atoms with Crippen LogP contribution in [0, 0.1) is 0 Å². The number of anilines is 1. The van der Waals surface area contributed by atoms with Gasteiger partial charge in [-0.2, -0.15) is 0 Å². The summed E-state index contributed by atoms with van der Waals surface area (Å²) in [6.07, 6.45) is 4.40. The molecule has 1 atom stereocenters. The molecule has 0 bridgehead atoms. The largest absolute Gasteiger partial charge is 0.328 e. The molecule has 2 aliphatic carbocycles. The lowest BCUT2D eigenvalue weighted by atomic mass is 9.86. The second-order valence-electron chi connectivity index (χ2n) is 8.04. The average molecular weight is 463 g/mol. The zero-order valence-corrected chi connectivity index (χ0v) is 16.9. The Labute approximate surface area is 173 Å². The summed E-state index contributed by atoms with van der Waals surface area (Å²) in [5.74, 6) is -4.08. The van der Waals surface area contributed by atoms with Crippen molar-refractivity contribution >= 4 is 33.7 Å². The fourth-order valence-corrected chi connectivity index (χ4v) is 4.40. The molecule has 1 aromatic carbocycles. The highest BCUT2D eigenvalue weighted by atomic mass is 79.9. The molecule has 3 aliphatic rings. The summed E-state index contributed by atoms with van der Waals surface area (Å²) in [6.45, 7) is 0.390. The monoisotopic (exact) mass is 462 g/mol. The van der Waals surface area contributed by atoms with Crippen LogP contribution < -0.4 is 5.32 Å². The summed E-state index contributed by atoms with van der Waals surface area (Å²) in [5, 5.41) is 2.55. The Bertz CT molecular complexity index is 1020. The first-order valence-corrected chi connectivity index (χ1v) is 10.2. The van der Waals surface area contributed by atoms with Gasteiger partial charge in [-0.3, -0.25) is 14.9 Å². The van der Waals surface area contributed by atoms with Gasteiger partial charge in [-0.05, 0) is 42.2 Å². The number of nitrogens with zero attached hydrogens (tertiary/aromatic N) is 3. The molecule has 150 valence electrons. The fourth-order valence-electron chi connectivity index (χ4n) is 4.04. The van der Waals surface area contributed by atoms with Crippen molar-refractivity contribution < 1.29 is 18.4 Å². The average Bonchev–Trinajstić information content (AvgIpc) is 3.58. The van der Waals surface area contributed by atoms with Gasteiger partial charge >= 0.3 is 0 Å². The molecule has 2 heterocycles. The van der Waals surface area contributed by atoms with Gasteiger partial charge in [0, 0.05) is 40.8 Å². The Kier molecular flexibility index (Phi) is 4.03. The number of nitrogens with one attached hydrogen (secondary N) is 1. The van der Waals surface area contributed by atoms with Gasteiger partial charge in [0.05, 0.1) is 5.92 Å². The molecule has 2 saturated carbocycles. The van der Waals surface area contributed by atoms with Crippen molar-refractivity contribution in [3.05, 3.63) is 51.8 Å². The molecule has 1 spiro atoms. The van der Waals surface area contributed by atoms with E-state index in [1.807, 2.05) is 12.1 Å². The number of hydrogen-bond acceptors (Lipinski definition) is 4. The topological polar surface area (TPSA) is 75.2 Å². The molecule has 29 heavy (non-hydrogen) atoms. The summed E-state index contributed by atoms with van der Waals surface area (Å²) in [6, 6.07) is 5.62. The van der Waals surface area contributed by atoms with Gasteiger partial charge in [0.15, 0.2) is 0 Å². The van der Waals surface area contributed by atoms with Crippen LogP contribution >= 0.6 is 15.9 Å². The summed E-state index contributed by atoms with van der Waals surface area (Å²) >= 11 is 3.46. The lowest BCUT2D eigenvalue weighted by Crippen LogP contribution is -2.46. The van der Waals surface area contributed by atoms with E-state index in [9.17, 15) is 18.4 Å². The van der Waals surface area contributed by atoms with Crippen LogP contribution in [0.1, 0.15) is 46.7 Å². The summed E-state index contributed by atoms with van der Waals surface area (Å²) in [5.41, 5.74) is 1.97. The van der Waals surface area contributed by atoms with E-state index in [4.69, 9.17) is 0 Å². The molecular formula is C20H17BrF2N4O2. The Balaban J connectivity index is 1.27. The van der Waals surface area contributed by atoms with E-state index in [-0.39, 0.29) is 30.2 Å². The third-order valence-corrected chi connectivity index (χ3v) is 6.40. The van der Waals surface area contributed by atoms with Gasteiger partial charge in [-0.1, -0.05) is 15.9 Å². The highest BCUT2D eigenvalue weighted by molar-refractivity contribution is 9.10. The molecule has 2 aromatic rings. The second kappa shape index (κ2) is 6.29. The van der Waals surface area contributed by atoms with Crippen LogP contribution in [0.3, 0.4) is 0 Å². The van der Waals surface area contributed by atoms with Gasteiger partial charge in [-0.15, -0.1) is 0 Å². The summed E-state index contributed by atoms with van der Waals surface area (Å²) in [7, 11) is 0. The first-order chi connectivity index (χ1) is 13.8. The van der Waals surface area contributed by atoms with E-state index in [2.05, 4.69) is 31.2 Å². The van der Waals surface area contributed by atoms with E-state index in [1.165, 1.54) is 12.4 Å². The highest BCUT2D eigenvalue weighted by Gasteiger charge is 2.58. The molecule has 0 radical (unpaired) electrons. The minimum Gasteiger partial charge on any atom is -0.328 e. The third kappa shape index (κ3) is 3.31. The Morgan fingerprint density at radius 3 is 2.59 bits per heavy atom. The maximum atomic E-state index is 13.1. The first kappa shape index (κ1) is 18.6. The number of amides is 2. The Hall–Kier alpha value is -2.42. The molecule has 1 N–H and O–H groups in total. The lowest BCUT2D eigenvalue weighted by Gasteiger charge is -2.34. The third-order valence-electron chi connectivity index (χ3n) is 5.90. The number of halogens is 3. The van der Waals surface area contributed by atoms with E-state index < -0.39 is 17.7 Å². The highest BCUT2D eigenvalue weighted by Crippen LogP contribution is 2.55. The van der Waals surface area contributed by atoms with Gasteiger partial charge in [0.2, 0.25) is 11.9 Å². The number of benzene rings is 1. The molecule has 5 rings (SSSR count). The fraction of sp³-hybridized carbons (Fsp3) is 0.400. The number of carbonyl (C=O) groups is 2. The standard InChI is InChI=1S/C20H17BrF2N4O2/c21-12-1-2-13-14(5-12)19(3-4-19)10-27(17(13)29)9-16(28)26-18-24-7-11(8-25-18)15-6-20(15,22)23/h1-2,5,7-8,15H,3-4,6,9-10H2,(H,24,25,26,28)/t15-/m0/s1. The van der Waals surface area contributed by atoms with Crippen molar-refractivity contribution in [2.75, 3.05) is 18.4 Å². The van der Waals surface area contributed by atoms with Crippen molar-refractivity contribution in [2.24, 2.45) is 0 Å². The van der Waals surface area contributed by atoms with Gasteiger partial charge in [0.1, 0.15) is 6.54 Å². The van der Waals surface area contributed by atoms with E-state index in [0.717, 1.165) is 22.9 Å². The van der Waals surface area contributed by atoms with Crippen molar-refractivity contribution in [3.63, 3.8) is 0 Å². The van der Waals surface area contributed by atoms with Gasteiger partial charge in [0.25, 0.3) is 11.8 Å². The predicted octanol–water partition coefficient (Wildman–Crippen LogP) is 3.49. The molecule has 0 unspecified atom stereocenters. The molecule has 2 amide bonds. The van der Waals surface area contributed by atoms with E-state index >= 15 is 0 Å². The zero-order chi connectivity index (χ0) is 20.4. The predicted molar refractivity (Wildman–Crippen MR) is 104 cm³/mol. The molecule has 1 aromatic heterocycles. The van der Waals surface area contributed by atoms with Crippen molar-refractivity contribution in [3.8, 4) is 0 Å². The van der Waals surface area contributed by atoms with Crippen LogP contribution in [0.15, 0.2) is 35.1 Å². The molecule has 2 fully saturated rings. The van der Waals surface area contributed by atoms with Crippen molar-refractivity contribution in [2.45, 2.75) is 36.5 Å². The Morgan fingerprint density at radius 1 is 1.28 bits per heavy atom. The van der Waals surface area contributed by atoms with Crippen LogP contribution in [0.4, 0.5) is 14.7 Å². The van der Waals surface area contributed by atoms with Crippen LogP contribution in [0.2, 0.25) is 0 Å². The van der Waals surface area contributed by atoms with E-state index in [0.29, 0.717) is 17.7 Å². The lowest BCUT2D eigenvalue weighted by molar-refractivity contribution is -0.117. The number of carbonyl (C=O) groups excluding carboxylic acids is 2. The number of rotatable bonds is 4. The molecule has 9 heteroatoms. The number of hydrogen-bond donors (Lipinski definition) is 1. The maximum Gasteiger partial charge on any atom is 0.256 e. The molecular weight excluding hydrogens is 446 g/mol. The minimum absolute atomic E-state index is 0.0395. The quantitative estimate of drug-likeness (QED) is 0.754. The summed E-state index contributed by atoms with van der Waals surface area (Å²) in [4.78, 5) is 34.8. The molecule has 0 saturated heterocycles. The second-order valence-corrected chi connectivity index (χ2v) is 8.95. The van der Waals surface area contributed by atoms with Crippen LogP contribution in [0.25, 0.3) is 0 Å². The summed E-state index contributed by atoms with van der Waals surface area (Å²) < 4.78 is 27.2. The minimum atomic E-state index is -2.69. The normalized spacial score (nSPS) is 22.9. The number of fused-ring (bicyclic) bond motifs is 2.